The van der Waals surface area contributed by atoms with Crippen LogP contribution >= 0.6 is 24.0 Å². The highest BCUT2D eigenvalue weighted by molar-refractivity contribution is 8.13. The molecule has 3 N–H and O–H groups in total. The Morgan fingerprint density at radius 3 is 2.70 bits per heavy atom. The van der Waals surface area contributed by atoms with Gasteiger partial charge in [0.1, 0.15) is 5.82 Å². The summed E-state index contributed by atoms with van der Waals surface area (Å²) in [4.78, 5) is 8.35. The van der Waals surface area contributed by atoms with E-state index in [0.29, 0.717) is 16.5 Å². The van der Waals surface area contributed by atoms with Crippen LogP contribution in [0, 0.1) is 5.82 Å². The number of nitrogens with one attached hydrogen (secondary N) is 1. The van der Waals surface area contributed by atoms with Crippen LogP contribution in [-0.2, 0) is 0 Å². The number of thioether (sulfide) groups is 1. The summed E-state index contributed by atoms with van der Waals surface area (Å²) in [6, 6.07) is 5.03. The monoisotopic (exact) mass is 355 g/mol. The number of piperazine rings is 1. The van der Waals surface area contributed by atoms with E-state index >= 15 is 0 Å². The first-order valence-electron chi connectivity index (χ1n) is 7.50. The predicted molar refractivity (Wildman–Crippen MR) is 102 cm³/mol. The summed E-state index contributed by atoms with van der Waals surface area (Å²) >= 11 is 6.52. The van der Waals surface area contributed by atoms with E-state index in [-0.39, 0.29) is 10.9 Å². The third-order valence-electron chi connectivity index (χ3n) is 3.55. The molecule has 126 valence electrons. The average Bonchev–Trinajstić information content (AvgIpc) is 2.48. The number of likely N-dealkylation sites (N-methyl/N-ethyl adjacent to an activating group) is 1. The minimum Gasteiger partial charge on any atom is -0.378 e. The van der Waals surface area contributed by atoms with Crippen molar-refractivity contribution in [3.8, 4) is 0 Å². The second-order valence-electron chi connectivity index (χ2n) is 5.27. The molecule has 0 saturated carbocycles. The highest BCUT2D eigenvalue weighted by Crippen LogP contribution is 2.24. The summed E-state index contributed by atoms with van der Waals surface area (Å²) in [5, 5.41) is 3.53. The fourth-order valence-corrected chi connectivity index (χ4v) is 3.05. The summed E-state index contributed by atoms with van der Waals surface area (Å²) < 4.78 is 14.4. The molecule has 0 amide bonds. The molecule has 2 rings (SSSR count). The number of nitrogens with zero attached hydrogens (tertiary/aromatic N) is 3. The first-order valence-corrected chi connectivity index (χ1v) is 8.90. The average molecular weight is 356 g/mol. The number of nitrogens with two attached hydrogens (primary N) is 1. The molecule has 8 heteroatoms. The maximum absolute atomic E-state index is 14.4. The van der Waals surface area contributed by atoms with Gasteiger partial charge < -0.3 is 20.9 Å². The molecular formula is C15H22FN5S2. The smallest absolute Gasteiger partial charge is 0.199 e. The Balaban J connectivity index is 2.02. The molecule has 0 aromatic heterocycles. The zero-order valence-corrected chi connectivity index (χ0v) is 15.0. The van der Waals surface area contributed by atoms with E-state index in [4.69, 9.17) is 18.0 Å². The highest BCUT2D eigenvalue weighted by atomic mass is 32.2. The molecule has 5 nitrogen and oxygen atoms in total. The van der Waals surface area contributed by atoms with Gasteiger partial charge in [0.2, 0.25) is 0 Å². The van der Waals surface area contributed by atoms with E-state index in [2.05, 4.69) is 27.2 Å². The van der Waals surface area contributed by atoms with Gasteiger partial charge in [0.15, 0.2) is 10.3 Å². The van der Waals surface area contributed by atoms with Gasteiger partial charge in [-0.05, 0) is 43.2 Å². The Kier molecular flexibility index (Phi) is 6.61. The molecule has 0 spiro atoms. The number of halogens is 1. The standard InChI is InChI=1S/C15H22FN5S2/c1-3-23-14(17)19-15(22)18-11-4-5-13(12(16)10-11)21-8-6-20(2)7-9-21/h4-5,10H,3,6-9H2,1-2H3,(H3,17,18,19,22). The van der Waals surface area contributed by atoms with Crippen LogP contribution in [-0.4, -0.2) is 54.2 Å². The minimum absolute atomic E-state index is 0.232. The summed E-state index contributed by atoms with van der Waals surface area (Å²) in [6.45, 7) is 5.51. The minimum atomic E-state index is -0.262. The van der Waals surface area contributed by atoms with Crippen molar-refractivity contribution in [1.82, 2.24) is 4.90 Å². The van der Waals surface area contributed by atoms with Gasteiger partial charge in [0.25, 0.3) is 0 Å². The van der Waals surface area contributed by atoms with Crippen molar-refractivity contribution in [1.29, 1.82) is 0 Å². The molecule has 1 heterocycles. The molecule has 0 bridgehead atoms. The maximum atomic E-state index is 14.4. The Hall–Kier alpha value is -1.38. The largest absolute Gasteiger partial charge is 0.378 e. The third kappa shape index (κ3) is 5.33. The fraction of sp³-hybridized carbons (Fsp3) is 0.467. The van der Waals surface area contributed by atoms with Crippen LogP contribution in [0.25, 0.3) is 0 Å². The molecule has 1 aliphatic heterocycles. The van der Waals surface area contributed by atoms with E-state index in [1.807, 2.05) is 13.0 Å². The third-order valence-corrected chi connectivity index (χ3v) is 4.42. The van der Waals surface area contributed by atoms with Crippen LogP contribution in [0.5, 0.6) is 0 Å². The molecular weight excluding hydrogens is 333 g/mol. The lowest BCUT2D eigenvalue weighted by molar-refractivity contribution is 0.311. The van der Waals surface area contributed by atoms with Crippen molar-refractivity contribution in [2.24, 2.45) is 10.7 Å². The molecule has 0 radical (unpaired) electrons. The highest BCUT2D eigenvalue weighted by Gasteiger charge is 2.17. The van der Waals surface area contributed by atoms with Gasteiger partial charge in [-0.1, -0.05) is 18.7 Å². The quantitative estimate of drug-likeness (QED) is 0.493. The number of benzene rings is 1. The number of anilines is 2. The van der Waals surface area contributed by atoms with Crippen molar-refractivity contribution < 1.29 is 4.39 Å². The zero-order chi connectivity index (χ0) is 16.8. The zero-order valence-electron chi connectivity index (χ0n) is 13.4. The molecule has 23 heavy (non-hydrogen) atoms. The van der Waals surface area contributed by atoms with Gasteiger partial charge in [0.05, 0.1) is 5.69 Å². The normalized spacial score (nSPS) is 16.5. The molecule has 1 aromatic rings. The van der Waals surface area contributed by atoms with Crippen molar-refractivity contribution in [3.05, 3.63) is 24.0 Å². The number of thiocarbonyl (C=S) groups is 1. The molecule has 0 aliphatic carbocycles. The second-order valence-corrected chi connectivity index (χ2v) is 6.94. The van der Waals surface area contributed by atoms with E-state index in [1.54, 1.807) is 6.07 Å². The Morgan fingerprint density at radius 1 is 1.39 bits per heavy atom. The summed E-state index contributed by atoms with van der Waals surface area (Å²) in [7, 11) is 2.07. The number of aliphatic imine (C=N–C) groups is 1. The number of hydrogen-bond acceptors (Lipinski definition) is 4. The number of amidine groups is 1. The molecule has 0 unspecified atom stereocenters. The lowest BCUT2D eigenvalue weighted by Gasteiger charge is -2.34. The second kappa shape index (κ2) is 8.47. The SMILES string of the molecule is CCS/C(N)=N/C(=S)Nc1ccc(N2CCN(C)CC2)c(F)c1. The fourth-order valence-electron chi connectivity index (χ4n) is 2.32. The first kappa shape index (κ1) is 18.0. The van der Waals surface area contributed by atoms with Crippen LogP contribution in [0.2, 0.25) is 0 Å². The summed E-state index contributed by atoms with van der Waals surface area (Å²) in [5.74, 6) is 0.564. The molecule has 1 fully saturated rings. The van der Waals surface area contributed by atoms with Gasteiger partial charge in [-0.15, -0.1) is 0 Å². The van der Waals surface area contributed by atoms with Crippen LogP contribution in [0.4, 0.5) is 15.8 Å². The maximum Gasteiger partial charge on any atom is 0.199 e. The Bertz CT molecular complexity index is 585. The molecule has 1 aliphatic rings. The van der Waals surface area contributed by atoms with Gasteiger partial charge in [-0.3, -0.25) is 0 Å². The van der Waals surface area contributed by atoms with E-state index in [0.717, 1.165) is 31.9 Å². The van der Waals surface area contributed by atoms with Gasteiger partial charge in [-0.2, -0.15) is 4.99 Å². The first-order chi connectivity index (χ1) is 11.0. The van der Waals surface area contributed by atoms with Gasteiger partial charge in [-0.25, -0.2) is 4.39 Å². The van der Waals surface area contributed by atoms with Gasteiger partial charge >= 0.3 is 0 Å². The number of rotatable bonds is 3. The lowest BCUT2D eigenvalue weighted by Crippen LogP contribution is -2.44. The van der Waals surface area contributed by atoms with E-state index in [9.17, 15) is 4.39 Å². The predicted octanol–water partition coefficient (Wildman–Crippen LogP) is 2.34. The van der Waals surface area contributed by atoms with Crippen LogP contribution in [0.15, 0.2) is 23.2 Å². The number of hydrogen-bond donors (Lipinski definition) is 2. The van der Waals surface area contributed by atoms with E-state index < -0.39 is 0 Å². The van der Waals surface area contributed by atoms with Crippen LogP contribution in [0.3, 0.4) is 0 Å². The van der Waals surface area contributed by atoms with Crippen LogP contribution < -0.4 is 16.0 Å². The lowest BCUT2D eigenvalue weighted by atomic mass is 10.2. The topological polar surface area (TPSA) is 56.9 Å². The van der Waals surface area contributed by atoms with Crippen molar-refractivity contribution in [2.45, 2.75) is 6.92 Å². The van der Waals surface area contributed by atoms with E-state index in [1.165, 1.54) is 17.8 Å². The molecule has 1 aromatic carbocycles. The summed E-state index contributed by atoms with van der Waals surface area (Å²) in [5.41, 5.74) is 6.90. The van der Waals surface area contributed by atoms with Crippen molar-refractivity contribution in [3.63, 3.8) is 0 Å². The summed E-state index contributed by atoms with van der Waals surface area (Å²) in [6.07, 6.45) is 0. The van der Waals surface area contributed by atoms with Gasteiger partial charge in [0, 0.05) is 31.9 Å². The van der Waals surface area contributed by atoms with Crippen LogP contribution in [0.1, 0.15) is 6.92 Å². The van der Waals surface area contributed by atoms with Crippen molar-refractivity contribution >= 4 is 45.6 Å². The molecule has 0 atom stereocenters. The van der Waals surface area contributed by atoms with Crippen molar-refractivity contribution in [2.75, 3.05) is 49.2 Å². The Morgan fingerprint density at radius 2 is 2.09 bits per heavy atom. The molecule has 1 saturated heterocycles. The Labute approximate surface area is 146 Å².